The maximum absolute atomic E-state index is 15.8. The molecule has 4 aliphatic rings. The van der Waals surface area contributed by atoms with Gasteiger partial charge in [-0.3, -0.25) is 9.59 Å². The van der Waals surface area contributed by atoms with Crippen molar-refractivity contribution in [1.29, 1.82) is 0 Å². The Labute approximate surface area is 220 Å². The zero-order chi connectivity index (χ0) is 26.1. The summed E-state index contributed by atoms with van der Waals surface area (Å²) in [5, 5.41) is -0.568. The van der Waals surface area contributed by atoms with E-state index in [1.165, 1.54) is 6.08 Å². The third-order valence-electron chi connectivity index (χ3n) is 9.35. The summed E-state index contributed by atoms with van der Waals surface area (Å²) < 4.78 is 42.7. The van der Waals surface area contributed by atoms with Crippen LogP contribution in [0.1, 0.15) is 60.3 Å². The number of alkyl halides is 3. The van der Waals surface area contributed by atoms with Gasteiger partial charge in [0.05, 0.1) is 16.9 Å². The fourth-order valence-corrected chi connectivity index (χ4v) is 9.52. The monoisotopic (exact) mass is 548 g/mol. The number of carbonyl (C=O) groups excluding carboxylic acids is 2. The highest BCUT2D eigenvalue weighted by atomic mass is 35.5. The van der Waals surface area contributed by atoms with E-state index in [1.807, 2.05) is 20.8 Å². The first-order chi connectivity index (χ1) is 16.3. The third kappa shape index (κ3) is 3.29. The molecule has 4 nitrogen and oxygen atoms in total. The molecule has 0 amide bonds. The van der Waals surface area contributed by atoms with Gasteiger partial charge in [-0.25, -0.2) is 8.78 Å². The van der Waals surface area contributed by atoms with Gasteiger partial charge in [0, 0.05) is 28.7 Å². The number of allylic oxidation sites excluding steroid dienone is 4. The van der Waals surface area contributed by atoms with Crippen molar-refractivity contribution < 1.29 is 27.8 Å². The Hall–Kier alpha value is -1.05. The smallest absolute Gasteiger partial charge is 0.306 e. The van der Waals surface area contributed by atoms with Crippen LogP contribution in [-0.2, 0) is 19.1 Å². The van der Waals surface area contributed by atoms with Gasteiger partial charge in [-0.05, 0) is 56.3 Å². The Kier molecular flexibility index (Phi) is 6.76. The first-order valence-electron chi connectivity index (χ1n) is 12.3. The summed E-state index contributed by atoms with van der Waals surface area (Å²) in [5.41, 5.74) is -3.54. The summed E-state index contributed by atoms with van der Waals surface area (Å²) in [6.45, 7) is 9.43. The molecule has 0 aliphatic heterocycles. The van der Waals surface area contributed by atoms with Gasteiger partial charge in [0.25, 0.3) is 0 Å². The standard InChI is InChI=1S/C26H32Cl2F2O4S/c1-6-19(32)34-26(22(35)33-7-2)13(3)10-14-15-11-16(29)20-21(30)17(31)8-9-23(20,4)25(15,28)18(27)12-24(14,26)5/h8-9,13-16,18H,6-7,10-12H2,1-5H3/t13-,14+,15+,16+,18+,23+,24+,25+,26+/m1/s1. The lowest BCUT2D eigenvalue weighted by Crippen LogP contribution is -2.69. The maximum Gasteiger partial charge on any atom is 0.306 e. The molecule has 0 aromatic rings. The largest absolute Gasteiger partial charge is 0.484 e. The molecule has 0 bridgehead atoms. The highest BCUT2D eigenvalue weighted by molar-refractivity contribution is 7.80. The lowest BCUT2D eigenvalue weighted by atomic mass is 9.46. The van der Waals surface area contributed by atoms with Crippen LogP contribution >= 0.6 is 35.4 Å². The van der Waals surface area contributed by atoms with E-state index in [1.54, 1.807) is 13.8 Å². The average Bonchev–Trinajstić information content (AvgIpc) is 3.00. The number of halogens is 4. The lowest BCUT2D eigenvalue weighted by molar-refractivity contribution is -0.174. The SMILES string of the molecule is CCOC(=S)[C@@]1(OC(=O)CC)[C@H](C)C[C@H]2[C@@H]3C[C@H](F)C4=C(F)C(=O)C=C[C@]4(C)[C@@]3(Cl)[C@@H](Cl)C[C@@]21C. The second kappa shape index (κ2) is 8.76. The summed E-state index contributed by atoms with van der Waals surface area (Å²) >= 11 is 20.3. The van der Waals surface area contributed by atoms with Crippen LogP contribution in [0.4, 0.5) is 8.78 Å². The van der Waals surface area contributed by atoms with Gasteiger partial charge in [-0.15, -0.1) is 23.2 Å². The zero-order valence-corrected chi connectivity index (χ0v) is 23.0. The summed E-state index contributed by atoms with van der Waals surface area (Å²) in [4.78, 5) is 23.5. The van der Waals surface area contributed by atoms with Gasteiger partial charge < -0.3 is 9.47 Å². The molecule has 0 heterocycles. The van der Waals surface area contributed by atoms with Gasteiger partial charge in [0.1, 0.15) is 6.17 Å². The molecule has 9 atom stereocenters. The number of ether oxygens (including phenoxy) is 2. The van der Waals surface area contributed by atoms with E-state index in [-0.39, 0.29) is 41.7 Å². The van der Waals surface area contributed by atoms with E-state index in [0.717, 1.165) is 6.08 Å². The molecular weight excluding hydrogens is 517 g/mol. The molecule has 4 rings (SSSR count). The van der Waals surface area contributed by atoms with Gasteiger partial charge in [-0.2, -0.15) is 0 Å². The molecule has 3 saturated carbocycles. The van der Waals surface area contributed by atoms with Crippen LogP contribution in [0.25, 0.3) is 0 Å². The number of hydrogen-bond acceptors (Lipinski definition) is 5. The minimum atomic E-state index is -1.70. The van der Waals surface area contributed by atoms with Crippen molar-refractivity contribution in [3.8, 4) is 0 Å². The summed E-state index contributed by atoms with van der Waals surface area (Å²) in [6.07, 6.45) is 1.87. The maximum atomic E-state index is 15.8. The van der Waals surface area contributed by atoms with Crippen LogP contribution in [0.5, 0.6) is 0 Å². The van der Waals surface area contributed by atoms with Crippen molar-refractivity contribution in [3.63, 3.8) is 0 Å². The second-order valence-corrected chi connectivity index (χ2v) is 12.3. The van der Waals surface area contributed by atoms with Gasteiger partial charge in [0.15, 0.2) is 11.4 Å². The van der Waals surface area contributed by atoms with Crippen molar-refractivity contribution in [2.75, 3.05) is 6.61 Å². The first kappa shape index (κ1) is 27.0. The molecule has 194 valence electrons. The fourth-order valence-electron chi connectivity index (χ4n) is 7.74. The predicted molar refractivity (Wildman–Crippen MR) is 135 cm³/mol. The molecule has 9 heteroatoms. The average molecular weight is 550 g/mol. The Balaban J connectivity index is 1.89. The van der Waals surface area contributed by atoms with Crippen LogP contribution in [0.15, 0.2) is 23.6 Å². The minimum absolute atomic E-state index is 0.0850. The molecular formula is C26H32Cl2F2O4S. The van der Waals surface area contributed by atoms with Crippen LogP contribution in [-0.4, -0.2) is 45.4 Å². The van der Waals surface area contributed by atoms with Crippen LogP contribution in [0.2, 0.25) is 0 Å². The van der Waals surface area contributed by atoms with Gasteiger partial charge in [0.2, 0.25) is 10.8 Å². The fraction of sp³-hybridized carbons (Fsp3) is 0.731. The van der Waals surface area contributed by atoms with Gasteiger partial charge in [-0.1, -0.05) is 33.8 Å². The molecule has 4 aliphatic carbocycles. The molecule has 0 spiro atoms. The number of thiocarbonyl (C=S) groups is 1. The molecule has 0 N–H and O–H groups in total. The second-order valence-electron chi connectivity index (χ2n) is 10.8. The summed E-state index contributed by atoms with van der Waals surface area (Å²) in [5.74, 6) is -3.31. The Morgan fingerprint density at radius 2 is 1.91 bits per heavy atom. The Morgan fingerprint density at radius 3 is 2.51 bits per heavy atom. The number of fused-ring (bicyclic) bond motifs is 5. The zero-order valence-electron chi connectivity index (χ0n) is 20.6. The third-order valence-corrected chi connectivity index (χ3v) is 11.3. The molecule has 3 fully saturated rings. The molecule has 0 radical (unpaired) electrons. The normalized spacial score (nSPS) is 46.5. The quantitative estimate of drug-likeness (QED) is 0.230. The molecule has 0 saturated heterocycles. The number of esters is 1. The molecule has 0 aromatic carbocycles. The highest BCUT2D eigenvalue weighted by Crippen LogP contribution is 2.73. The summed E-state index contributed by atoms with van der Waals surface area (Å²) in [7, 11) is 0. The van der Waals surface area contributed by atoms with Crippen molar-refractivity contribution >= 4 is 52.2 Å². The predicted octanol–water partition coefficient (Wildman–Crippen LogP) is 6.42. The number of ketones is 1. The van der Waals surface area contributed by atoms with Crippen LogP contribution in [0, 0.1) is 28.6 Å². The van der Waals surface area contributed by atoms with Crippen molar-refractivity contribution in [3.05, 3.63) is 23.6 Å². The van der Waals surface area contributed by atoms with E-state index in [4.69, 9.17) is 44.9 Å². The van der Waals surface area contributed by atoms with E-state index >= 15 is 8.78 Å². The highest BCUT2D eigenvalue weighted by Gasteiger charge is 2.77. The number of carbonyl (C=O) groups is 2. The Bertz CT molecular complexity index is 1030. The first-order valence-corrected chi connectivity index (χ1v) is 13.5. The van der Waals surface area contributed by atoms with Gasteiger partial charge >= 0.3 is 5.97 Å². The lowest BCUT2D eigenvalue weighted by Gasteiger charge is -2.64. The van der Waals surface area contributed by atoms with E-state index < -0.39 is 56.4 Å². The van der Waals surface area contributed by atoms with E-state index in [0.29, 0.717) is 13.0 Å². The Morgan fingerprint density at radius 1 is 1.26 bits per heavy atom. The number of hydrogen-bond donors (Lipinski definition) is 0. The van der Waals surface area contributed by atoms with Crippen molar-refractivity contribution in [2.24, 2.45) is 28.6 Å². The topological polar surface area (TPSA) is 52.6 Å². The summed E-state index contributed by atoms with van der Waals surface area (Å²) in [6, 6.07) is 0. The van der Waals surface area contributed by atoms with Crippen LogP contribution in [0.3, 0.4) is 0 Å². The molecule has 0 aromatic heterocycles. The number of rotatable bonds is 4. The molecule has 35 heavy (non-hydrogen) atoms. The van der Waals surface area contributed by atoms with Crippen molar-refractivity contribution in [1.82, 2.24) is 0 Å². The molecule has 0 unspecified atom stereocenters. The minimum Gasteiger partial charge on any atom is -0.484 e. The van der Waals surface area contributed by atoms with Crippen LogP contribution < -0.4 is 0 Å². The van der Waals surface area contributed by atoms with Crippen molar-refractivity contribution in [2.45, 2.75) is 82.3 Å². The van der Waals surface area contributed by atoms with E-state index in [9.17, 15) is 9.59 Å². The van der Waals surface area contributed by atoms with E-state index in [2.05, 4.69) is 0 Å².